The molecule has 0 saturated carbocycles. The minimum absolute atomic E-state index is 0.0110. The Hall–Kier alpha value is -0.450. The monoisotopic (exact) mass is 342 g/mol. The van der Waals surface area contributed by atoms with E-state index in [9.17, 15) is 4.39 Å². The van der Waals surface area contributed by atoms with Gasteiger partial charge in [-0.1, -0.05) is 19.1 Å². The van der Waals surface area contributed by atoms with Crippen molar-refractivity contribution in [1.29, 1.82) is 0 Å². The molecule has 1 saturated heterocycles. The number of rotatable bonds is 5. The normalized spacial score (nSPS) is 20.9. The van der Waals surface area contributed by atoms with Crippen LogP contribution in [0.1, 0.15) is 44.7 Å². The molecule has 1 aromatic rings. The van der Waals surface area contributed by atoms with Gasteiger partial charge < -0.3 is 5.32 Å². The van der Waals surface area contributed by atoms with Gasteiger partial charge in [0.2, 0.25) is 0 Å². The van der Waals surface area contributed by atoms with Gasteiger partial charge in [0.1, 0.15) is 5.82 Å². The summed E-state index contributed by atoms with van der Waals surface area (Å²) in [7, 11) is 1.93. The molecule has 20 heavy (non-hydrogen) atoms. The lowest BCUT2D eigenvalue weighted by atomic mass is 9.83. The van der Waals surface area contributed by atoms with Crippen LogP contribution in [0.3, 0.4) is 0 Å². The number of likely N-dealkylation sites (tertiary alicyclic amines) is 1. The lowest BCUT2D eigenvalue weighted by Gasteiger charge is -2.44. The maximum absolute atomic E-state index is 14.5. The second-order valence-electron chi connectivity index (χ2n) is 5.77. The summed E-state index contributed by atoms with van der Waals surface area (Å²) in [6, 6.07) is 5.55. The molecule has 0 aromatic heterocycles. The molecule has 1 N–H and O–H groups in total. The zero-order valence-corrected chi connectivity index (χ0v) is 14.1. The summed E-state index contributed by atoms with van der Waals surface area (Å²) in [5.74, 6) is -0.147. The molecule has 0 aliphatic carbocycles. The molecular weight excluding hydrogens is 319 g/mol. The van der Waals surface area contributed by atoms with Crippen molar-refractivity contribution in [3.05, 3.63) is 34.1 Å². The third-order valence-corrected chi connectivity index (χ3v) is 5.36. The van der Waals surface area contributed by atoms with Gasteiger partial charge in [-0.15, -0.1) is 0 Å². The van der Waals surface area contributed by atoms with Gasteiger partial charge in [-0.2, -0.15) is 0 Å². The second-order valence-corrected chi connectivity index (χ2v) is 6.62. The molecule has 1 aromatic carbocycles. The van der Waals surface area contributed by atoms with Crippen LogP contribution in [0.15, 0.2) is 22.7 Å². The van der Waals surface area contributed by atoms with Crippen molar-refractivity contribution in [2.75, 3.05) is 20.1 Å². The van der Waals surface area contributed by atoms with Crippen LogP contribution in [-0.2, 0) is 0 Å². The van der Waals surface area contributed by atoms with E-state index >= 15 is 0 Å². The van der Waals surface area contributed by atoms with Crippen LogP contribution < -0.4 is 5.32 Å². The molecule has 0 radical (unpaired) electrons. The third-order valence-electron chi connectivity index (χ3n) is 4.75. The van der Waals surface area contributed by atoms with Gasteiger partial charge in [-0.25, -0.2) is 4.39 Å². The van der Waals surface area contributed by atoms with Crippen molar-refractivity contribution in [1.82, 2.24) is 10.2 Å². The van der Waals surface area contributed by atoms with Crippen molar-refractivity contribution >= 4 is 15.9 Å². The molecule has 1 heterocycles. The molecule has 0 bridgehead atoms. The molecule has 2 nitrogen and oxygen atoms in total. The fourth-order valence-corrected chi connectivity index (χ4v) is 3.76. The standard InChI is InChI=1S/C16H24BrFN2/c1-4-16(2,20-10-5-6-11-20)15(19-3)12-8-7-9-13(17)14(12)18/h7-9,15,19H,4-6,10-11H2,1-3H3. The fraction of sp³-hybridized carbons (Fsp3) is 0.625. The predicted molar refractivity (Wildman–Crippen MR) is 85.4 cm³/mol. The molecule has 2 unspecified atom stereocenters. The summed E-state index contributed by atoms with van der Waals surface area (Å²) in [5, 5.41) is 3.35. The Bertz CT molecular complexity index is 460. The highest BCUT2D eigenvalue weighted by atomic mass is 79.9. The first-order valence-electron chi connectivity index (χ1n) is 7.40. The van der Waals surface area contributed by atoms with Crippen molar-refractivity contribution in [3.63, 3.8) is 0 Å². The molecule has 4 heteroatoms. The minimum atomic E-state index is -0.147. The fourth-order valence-electron chi connectivity index (χ4n) is 3.38. The minimum Gasteiger partial charge on any atom is -0.311 e. The van der Waals surface area contributed by atoms with Crippen LogP contribution >= 0.6 is 15.9 Å². The van der Waals surface area contributed by atoms with Gasteiger partial charge in [-0.3, -0.25) is 4.90 Å². The maximum Gasteiger partial charge on any atom is 0.142 e. The van der Waals surface area contributed by atoms with E-state index in [1.165, 1.54) is 12.8 Å². The molecule has 1 fully saturated rings. The van der Waals surface area contributed by atoms with Gasteiger partial charge in [-0.05, 0) is 68.3 Å². The Morgan fingerprint density at radius 1 is 1.40 bits per heavy atom. The average molecular weight is 343 g/mol. The van der Waals surface area contributed by atoms with Crippen LogP contribution in [0.4, 0.5) is 4.39 Å². The highest BCUT2D eigenvalue weighted by Gasteiger charge is 2.40. The average Bonchev–Trinajstić information content (AvgIpc) is 2.98. The van der Waals surface area contributed by atoms with E-state index in [4.69, 9.17) is 0 Å². The smallest absolute Gasteiger partial charge is 0.142 e. The molecule has 112 valence electrons. The van der Waals surface area contributed by atoms with Crippen LogP contribution in [0.25, 0.3) is 0 Å². The van der Waals surface area contributed by atoms with E-state index in [-0.39, 0.29) is 17.4 Å². The zero-order valence-electron chi connectivity index (χ0n) is 12.5. The number of hydrogen-bond acceptors (Lipinski definition) is 2. The SMILES string of the molecule is CCC(C)(C(NC)c1cccc(Br)c1F)N1CCCC1. The highest BCUT2D eigenvalue weighted by Crippen LogP contribution is 2.38. The first kappa shape index (κ1) is 15.9. The van der Waals surface area contributed by atoms with E-state index < -0.39 is 0 Å². The highest BCUT2D eigenvalue weighted by molar-refractivity contribution is 9.10. The van der Waals surface area contributed by atoms with Crippen LogP contribution in [0.5, 0.6) is 0 Å². The van der Waals surface area contributed by atoms with E-state index in [0.717, 1.165) is 25.1 Å². The van der Waals surface area contributed by atoms with Crippen LogP contribution in [-0.4, -0.2) is 30.6 Å². The summed E-state index contributed by atoms with van der Waals surface area (Å²) in [6.07, 6.45) is 3.48. The summed E-state index contributed by atoms with van der Waals surface area (Å²) in [4.78, 5) is 2.51. The number of hydrogen-bond donors (Lipinski definition) is 1. The summed E-state index contributed by atoms with van der Waals surface area (Å²) >= 11 is 3.30. The van der Waals surface area contributed by atoms with Crippen molar-refractivity contribution < 1.29 is 4.39 Å². The second kappa shape index (κ2) is 6.54. The summed E-state index contributed by atoms with van der Waals surface area (Å²) in [5.41, 5.74) is 0.686. The number of halogens is 2. The van der Waals surface area contributed by atoms with Crippen LogP contribution in [0, 0.1) is 5.82 Å². The number of nitrogens with one attached hydrogen (secondary N) is 1. The number of likely N-dealkylation sites (N-methyl/N-ethyl adjacent to an activating group) is 1. The lowest BCUT2D eigenvalue weighted by molar-refractivity contribution is 0.0857. The van der Waals surface area contributed by atoms with E-state index in [1.54, 1.807) is 6.07 Å². The molecule has 2 rings (SSSR count). The van der Waals surface area contributed by atoms with Crippen molar-refractivity contribution in [2.45, 2.75) is 44.7 Å². The van der Waals surface area contributed by atoms with Crippen molar-refractivity contribution in [3.8, 4) is 0 Å². The lowest BCUT2D eigenvalue weighted by Crippen LogP contribution is -2.52. The first-order valence-corrected chi connectivity index (χ1v) is 8.20. The Morgan fingerprint density at radius 2 is 2.05 bits per heavy atom. The molecule has 0 amide bonds. The molecular formula is C16H24BrFN2. The largest absolute Gasteiger partial charge is 0.311 e. The number of benzene rings is 1. The van der Waals surface area contributed by atoms with Gasteiger partial charge in [0.15, 0.2) is 0 Å². The Kier molecular flexibility index (Phi) is 5.21. The Labute approximate surface area is 129 Å². The predicted octanol–water partition coefficient (Wildman–Crippen LogP) is 4.11. The topological polar surface area (TPSA) is 15.3 Å². The number of nitrogens with zero attached hydrogens (tertiary/aromatic N) is 1. The molecule has 2 atom stereocenters. The van der Waals surface area contributed by atoms with Crippen molar-refractivity contribution in [2.24, 2.45) is 0 Å². The van der Waals surface area contributed by atoms with Gasteiger partial charge in [0, 0.05) is 11.1 Å². The summed E-state index contributed by atoms with van der Waals surface area (Å²) < 4.78 is 15.0. The maximum atomic E-state index is 14.5. The van der Waals surface area contributed by atoms with Gasteiger partial charge in [0.05, 0.1) is 10.5 Å². The quantitative estimate of drug-likeness (QED) is 0.865. The summed E-state index contributed by atoms with van der Waals surface area (Å²) in [6.45, 7) is 6.66. The van der Waals surface area contributed by atoms with Gasteiger partial charge >= 0.3 is 0 Å². The Morgan fingerprint density at radius 3 is 2.60 bits per heavy atom. The van der Waals surface area contributed by atoms with Gasteiger partial charge in [0.25, 0.3) is 0 Å². The zero-order chi connectivity index (χ0) is 14.8. The molecule has 1 aliphatic heterocycles. The third kappa shape index (κ3) is 2.78. The molecule has 0 spiro atoms. The van der Waals surface area contributed by atoms with E-state index in [0.29, 0.717) is 4.47 Å². The van der Waals surface area contributed by atoms with Crippen LogP contribution in [0.2, 0.25) is 0 Å². The Balaban J connectivity index is 2.40. The van der Waals surface area contributed by atoms with E-state index in [2.05, 4.69) is 40.0 Å². The first-order chi connectivity index (χ1) is 9.54. The van der Waals surface area contributed by atoms with E-state index in [1.807, 2.05) is 19.2 Å². The molecule has 1 aliphatic rings.